The number of rotatable bonds is 7. The number of halogens is 1. The van der Waals surface area contributed by atoms with E-state index in [2.05, 4.69) is 0 Å². The maximum atomic E-state index is 14.5. The lowest BCUT2D eigenvalue weighted by Gasteiger charge is -2.16. The Bertz CT molecular complexity index is 503. The molecule has 2 fully saturated rings. The van der Waals surface area contributed by atoms with E-state index in [1.807, 2.05) is 6.07 Å². The van der Waals surface area contributed by atoms with Gasteiger partial charge in [0.25, 0.3) is 0 Å². The molecule has 2 saturated carbocycles. The van der Waals surface area contributed by atoms with Crippen molar-refractivity contribution in [3.8, 4) is 11.5 Å². The van der Waals surface area contributed by atoms with Gasteiger partial charge in [-0.2, -0.15) is 0 Å². The van der Waals surface area contributed by atoms with Crippen LogP contribution in [0.2, 0.25) is 0 Å². The minimum atomic E-state index is -0.264. The number of hydrogen-bond acceptors (Lipinski definition) is 2. The van der Waals surface area contributed by atoms with Gasteiger partial charge in [0.2, 0.25) is 0 Å². The first-order chi connectivity index (χ1) is 11.2. The normalized spacial score (nSPS) is 19.4. The van der Waals surface area contributed by atoms with Gasteiger partial charge in [0.1, 0.15) is 5.75 Å². The Labute approximate surface area is 139 Å². The van der Waals surface area contributed by atoms with Crippen molar-refractivity contribution in [3.05, 3.63) is 23.5 Å². The molecule has 23 heavy (non-hydrogen) atoms. The van der Waals surface area contributed by atoms with Crippen LogP contribution >= 0.6 is 0 Å². The lowest BCUT2D eigenvalue weighted by Crippen LogP contribution is -2.10. The molecule has 0 amide bonds. The van der Waals surface area contributed by atoms with Crippen LogP contribution in [0, 0.1) is 24.6 Å². The topological polar surface area (TPSA) is 18.5 Å². The third kappa shape index (κ3) is 4.39. The van der Waals surface area contributed by atoms with Gasteiger partial charge in [-0.3, -0.25) is 0 Å². The summed E-state index contributed by atoms with van der Waals surface area (Å²) < 4.78 is 26.0. The van der Waals surface area contributed by atoms with Crippen molar-refractivity contribution in [2.24, 2.45) is 11.8 Å². The summed E-state index contributed by atoms with van der Waals surface area (Å²) in [5.74, 6) is 2.18. The highest BCUT2D eigenvalue weighted by molar-refractivity contribution is 5.41. The standard InChI is InChI=1S/C20H29FO2/c1-15-18(23-14-17-8-4-5-9-17)10-11-19(20(15)21)22-13-12-16-6-2-3-7-16/h10-11,16-17H,2-9,12-14H2,1H3. The third-order valence-corrected chi connectivity index (χ3v) is 5.51. The largest absolute Gasteiger partial charge is 0.493 e. The predicted octanol–water partition coefficient (Wildman–Crippen LogP) is 5.66. The van der Waals surface area contributed by atoms with E-state index in [1.165, 1.54) is 51.4 Å². The fraction of sp³-hybridized carbons (Fsp3) is 0.700. The van der Waals surface area contributed by atoms with Gasteiger partial charge in [0.05, 0.1) is 13.2 Å². The molecule has 0 saturated heterocycles. The zero-order valence-electron chi connectivity index (χ0n) is 14.3. The van der Waals surface area contributed by atoms with Crippen LogP contribution in [0.4, 0.5) is 4.39 Å². The minimum Gasteiger partial charge on any atom is -0.493 e. The Morgan fingerprint density at radius 2 is 1.52 bits per heavy atom. The molecule has 1 aromatic carbocycles. The molecule has 0 spiro atoms. The lowest BCUT2D eigenvalue weighted by molar-refractivity contribution is 0.245. The first kappa shape index (κ1) is 16.6. The highest BCUT2D eigenvalue weighted by Gasteiger charge is 2.18. The summed E-state index contributed by atoms with van der Waals surface area (Å²) in [4.78, 5) is 0. The average molecular weight is 320 g/mol. The van der Waals surface area contributed by atoms with Crippen LogP contribution in [0.1, 0.15) is 63.4 Å². The third-order valence-electron chi connectivity index (χ3n) is 5.51. The highest BCUT2D eigenvalue weighted by atomic mass is 19.1. The quantitative estimate of drug-likeness (QED) is 0.645. The molecule has 128 valence electrons. The molecule has 0 unspecified atom stereocenters. The predicted molar refractivity (Wildman–Crippen MR) is 90.7 cm³/mol. The van der Waals surface area contributed by atoms with E-state index in [9.17, 15) is 4.39 Å². The zero-order valence-corrected chi connectivity index (χ0v) is 14.3. The summed E-state index contributed by atoms with van der Waals surface area (Å²) in [6.07, 6.45) is 11.4. The fourth-order valence-corrected chi connectivity index (χ4v) is 3.93. The monoisotopic (exact) mass is 320 g/mol. The summed E-state index contributed by atoms with van der Waals surface area (Å²) >= 11 is 0. The molecular weight excluding hydrogens is 291 g/mol. The van der Waals surface area contributed by atoms with E-state index in [1.54, 1.807) is 13.0 Å². The van der Waals surface area contributed by atoms with Crippen molar-refractivity contribution in [3.63, 3.8) is 0 Å². The van der Waals surface area contributed by atoms with Gasteiger partial charge in [-0.15, -0.1) is 0 Å². The molecule has 3 rings (SSSR count). The molecule has 3 heteroatoms. The zero-order chi connectivity index (χ0) is 16.1. The van der Waals surface area contributed by atoms with E-state index in [-0.39, 0.29) is 5.82 Å². The molecule has 2 aliphatic carbocycles. The van der Waals surface area contributed by atoms with Crippen LogP contribution in [0.15, 0.2) is 12.1 Å². The van der Waals surface area contributed by atoms with Gasteiger partial charge in [-0.25, -0.2) is 4.39 Å². The fourth-order valence-electron chi connectivity index (χ4n) is 3.93. The Kier molecular flexibility index (Phi) is 5.80. The van der Waals surface area contributed by atoms with E-state index in [0.29, 0.717) is 36.2 Å². The van der Waals surface area contributed by atoms with Crippen LogP contribution in [-0.2, 0) is 0 Å². The minimum absolute atomic E-state index is 0.264. The van der Waals surface area contributed by atoms with Gasteiger partial charge in [0.15, 0.2) is 11.6 Å². The molecule has 0 radical (unpaired) electrons. The summed E-state index contributed by atoms with van der Waals surface area (Å²) in [7, 11) is 0. The van der Waals surface area contributed by atoms with E-state index in [4.69, 9.17) is 9.47 Å². The van der Waals surface area contributed by atoms with Crippen molar-refractivity contribution < 1.29 is 13.9 Å². The second-order valence-corrected chi connectivity index (χ2v) is 7.25. The molecule has 1 aromatic rings. The second kappa shape index (κ2) is 8.03. The molecule has 0 aromatic heterocycles. The van der Waals surface area contributed by atoms with Crippen molar-refractivity contribution in [1.29, 1.82) is 0 Å². The van der Waals surface area contributed by atoms with Crippen LogP contribution < -0.4 is 9.47 Å². The summed E-state index contributed by atoms with van der Waals surface area (Å²) in [5, 5.41) is 0. The summed E-state index contributed by atoms with van der Waals surface area (Å²) in [6, 6.07) is 3.58. The van der Waals surface area contributed by atoms with Gasteiger partial charge >= 0.3 is 0 Å². The van der Waals surface area contributed by atoms with Gasteiger partial charge in [-0.05, 0) is 50.2 Å². The van der Waals surface area contributed by atoms with Crippen LogP contribution in [0.5, 0.6) is 11.5 Å². The smallest absolute Gasteiger partial charge is 0.171 e. The molecule has 2 nitrogen and oxygen atoms in total. The number of hydrogen-bond donors (Lipinski definition) is 0. The van der Waals surface area contributed by atoms with Crippen LogP contribution in [-0.4, -0.2) is 13.2 Å². The van der Waals surface area contributed by atoms with E-state index < -0.39 is 0 Å². The molecular formula is C20H29FO2. The number of ether oxygens (including phenoxy) is 2. The van der Waals surface area contributed by atoms with Crippen molar-refractivity contribution >= 4 is 0 Å². The van der Waals surface area contributed by atoms with Gasteiger partial charge in [-0.1, -0.05) is 38.5 Å². The number of benzene rings is 1. The average Bonchev–Trinajstić information content (AvgIpc) is 3.24. The first-order valence-electron chi connectivity index (χ1n) is 9.28. The molecule has 0 N–H and O–H groups in total. The van der Waals surface area contributed by atoms with Gasteiger partial charge in [0, 0.05) is 5.56 Å². The SMILES string of the molecule is Cc1c(OCC2CCCC2)ccc(OCCC2CCCC2)c1F. The molecule has 0 bridgehead atoms. The van der Waals surface area contributed by atoms with Crippen molar-refractivity contribution in [1.82, 2.24) is 0 Å². The molecule has 0 atom stereocenters. The van der Waals surface area contributed by atoms with Gasteiger partial charge < -0.3 is 9.47 Å². The maximum absolute atomic E-state index is 14.5. The Hall–Kier alpha value is -1.25. The van der Waals surface area contributed by atoms with Crippen LogP contribution in [0.3, 0.4) is 0 Å². The van der Waals surface area contributed by atoms with Crippen molar-refractivity contribution in [2.45, 2.75) is 64.7 Å². The van der Waals surface area contributed by atoms with Crippen LogP contribution in [0.25, 0.3) is 0 Å². The van der Waals surface area contributed by atoms with E-state index in [0.717, 1.165) is 12.3 Å². The maximum Gasteiger partial charge on any atom is 0.171 e. The summed E-state index contributed by atoms with van der Waals surface area (Å²) in [6.45, 7) is 3.11. The lowest BCUT2D eigenvalue weighted by atomic mass is 10.1. The Balaban J connectivity index is 1.51. The van der Waals surface area contributed by atoms with E-state index >= 15 is 0 Å². The molecule has 2 aliphatic rings. The Morgan fingerprint density at radius 1 is 0.913 bits per heavy atom. The van der Waals surface area contributed by atoms with Crippen molar-refractivity contribution in [2.75, 3.05) is 13.2 Å². The Morgan fingerprint density at radius 3 is 2.22 bits per heavy atom. The highest BCUT2D eigenvalue weighted by Crippen LogP contribution is 2.32. The first-order valence-corrected chi connectivity index (χ1v) is 9.28. The second-order valence-electron chi connectivity index (χ2n) is 7.25. The summed E-state index contributed by atoms with van der Waals surface area (Å²) in [5.41, 5.74) is 0.571. The molecule has 0 aliphatic heterocycles. The molecule has 0 heterocycles.